The van der Waals surface area contributed by atoms with E-state index >= 15 is 0 Å². The molecule has 6 heteroatoms. The van der Waals surface area contributed by atoms with Crippen molar-refractivity contribution in [3.05, 3.63) is 57.6 Å². The molecule has 1 fully saturated rings. The van der Waals surface area contributed by atoms with Crippen molar-refractivity contribution in [1.82, 2.24) is 5.32 Å². The van der Waals surface area contributed by atoms with Crippen molar-refractivity contribution in [3.8, 4) is 11.5 Å². The second kappa shape index (κ2) is 9.47. The van der Waals surface area contributed by atoms with Gasteiger partial charge in [-0.2, -0.15) is 0 Å². The largest absolute Gasteiger partial charge is 0.493 e. The van der Waals surface area contributed by atoms with Gasteiger partial charge in [-0.05, 0) is 48.2 Å². The molecule has 0 radical (unpaired) electrons. The van der Waals surface area contributed by atoms with Crippen LogP contribution in [0.3, 0.4) is 0 Å². The van der Waals surface area contributed by atoms with E-state index in [1.807, 2.05) is 24.3 Å². The Bertz CT molecular complexity index is 733. The second-order valence-corrected chi connectivity index (χ2v) is 7.10. The second-order valence-electron chi connectivity index (χ2n) is 6.29. The number of benzene rings is 2. The summed E-state index contributed by atoms with van der Waals surface area (Å²) in [5.41, 5.74) is 2.09. The molecule has 3 rings (SSSR count). The molecule has 0 saturated carbocycles. The van der Waals surface area contributed by atoms with Crippen molar-refractivity contribution in [3.63, 3.8) is 0 Å². The quantitative estimate of drug-likeness (QED) is 0.693. The normalized spacial score (nSPS) is 16.7. The van der Waals surface area contributed by atoms with E-state index in [1.165, 1.54) is 0 Å². The highest BCUT2D eigenvalue weighted by atomic mass is 35.5. The van der Waals surface area contributed by atoms with Gasteiger partial charge in [-0.1, -0.05) is 35.3 Å². The zero-order chi connectivity index (χ0) is 18.4. The van der Waals surface area contributed by atoms with Crippen molar-refractivity contribution in [2.75, 3.05) is 20.3 Å². The summed E-state index contributed by atoms with van der Waals surface area (Å²) in [5, 5.41) is 4.49. The first-order valence-electron chi connectivity index (χ1n) is 8.71. The van der Waals surface area contributed by atoms with Gasteiger partial charge in [-0.25, -0.2) is 0 Å². The molecule has 0 aromatic heterocycles. The monoisotopic (exact) mass is 395 g/mol. The van der Waals surface area contributed by atoms with Crippen molar-refractivity contribution in [1.29, 1.82) is 0 Å². The topological polar surface area (TPSA) is 39.7 Å². The van der Waals surface area contributed by atoms with Gasteiger partial charge < -0.3 is 19.5 Å². The number of nitrogens with one attached hydrogen (secondary N) is 1. The number of hydrogen-bond donors (Lipinski definition) is 1. The third-order valence-electron chi connectivity index (χ3n) is 4.33. The lowest BCUT2D eigenvalue weighted by atomic mass is 10.2. The molecule has 0 aliphatic carbocycles. The minimum Gasteiger partial charge on any atom is -0.493 e. The molecule has 0 unspecified atom stereocenters. The van der Waals surface area contributed by atoms with E-state index < -0.39 is 0 Å². The molecule has 1 aliphatic heterocycles. The van der Waals surface area contributed by atoms with Crippen LogP contribution in [-0.2, 0) is 17.9 Å². The van der Waals surface area contributed by atoms with Gasteiger partial charge in [0.25, 0.3) is 0 Å². The summed E-state index contributed by atoms with van der Waals surface area (Å²) in [4.78, 5) is 0. The molecule has 1 atom stereocenters. The minimum absolute atomic E-state index is 0.339. The Balaban J connectivity index is 1.56. The lowest BCUT2D eigenvalue weighted by Crippen LogP contribution is -2.25. The number of ether oxygens (including phenoxy) is 3. The highest BCUT2D eigenvalue weighted by Crippen LogP contribution is 2.30. The predicted octanol–water partition coefficient (Wildman–Crippen LogP) is 4.85. The molecule has 1 aliphatic rings. The SMILES string of the molecule is COc1cc(CNC[C@H]2CCCO2)ccc1OCc1ccc(Cl)c(Cl)c1. The van der Waals surface area contributed by atoms with Crippen molar-refractivity contribution in [2.24, 2.45) is 0 Å². The number of halogens is 2. The molecule has 1 saturated heterocycles. The Hall–Kier alpha value is -1.46. The molecular weight excluding hydrogens is 373 g/mol. The van der Waals surface area contributed by atoms with E-state index in [9.17, 15) is 0 Å². The molecule has 1 heterocycles. The van der Waals surface area contributed by atoms with Gasteiger partial charge in [0, 0.05) is 19.7 Å². The molecule has 2 aromatic carbocycles. The summed E-state index contributed by atoms with van der Waals surface area (Å²) in [6, 6.07) is 11.4. The predicted molar refractivity (Wildman–Crippen MR) is 104 cm³/mol. The highest BCUT2D eigenvalue weighted by Gasteiger charge is 2.14. The summed E-state index contributed by atoms with van der Waals surface area (Å²) in [6.45, 7) is 2.91. The van der Waals surface area contributed by atoms with Gasteiger partial charge in [0.2, 0.25) is 0 Å². The molecule has 1 N–H and O–H groups in total. The highest BCUT2D eigenvalue weighted by molar-refractivity contribution is 6.42. The Labute approximate surface area is 164 Å². The number of rotatable bonds is 8. The summed E-state index contributed by atoms with van der Waals surface area (Å²) in [7, 11) is 1.64. The van der Waals surface area contributed by atoms with Gasteiger partial charge in [0.1, 0.15) is 6.61 Å². The Morgan fingerprint density at radius 3 is 2.65 bits per heavy atom. The number of hydrogen-bond acceptors (Lipinski definition) is 4. The van der Waals surface area contributed by atoms with E-state index in [0.717, 1.165) is 43.7 Å². The van der Waals surface area contributed by atoms with Gasteiger partial charge in [0.05, 0.1) is 23.3 Å². The molecule has 0 spiro atoms. The standard InChI is InChI=1S/C20H23Cl2NO3/c1-24-20-10-14(11-23-12-16-3-2-8-25-16)5-7-19(20)26-13-15-4-6-17(21)18(22)9-15/h4-7,9-10,16,23H,2-3,8,11-13H2,1H3/t16-/m1/s1. The maximum atomic E-state index is 6.04. The van der Waals surface area contributed by atoms with Gasteiger partial charge in [-0.3, -0.25) is 0 Å². The zero-order valence-corrected chi connectivity index (χ0v) is 16.3. The first-order chi connectivity index (χ1) is 12.7. The summed E-state index contributed by atoms with van der Waals surface area (Å²) in [6.07, 6.45) is 2.63. The van der Waals surface area contributed by atoms with E-state index in [1.54, 1.807) is 19.2 Å². The van der Waals surface area contributed by atoms with Crippen LogP contribution in [0.4, 0.5) is 0 Å². The van der Waals surface area contributed by atoms with Gasteiger partial charge in [0.15, 0.2) is 11.5 Å². The Morgan fingerprint density at radius 2 is 1.92 bits per heavy atom. The first kappa shape index (κ1) is 19.3. The first-order valence-corrected chi connectivity index (χ1v) is 9.47. The van der Waals surface area contributed by atoms with Gasteiger partial charge >= 0.3 is 0 Å². The van der Waals surface area contributed by atoms with Crippen LogP contribution in [-0.4, -0.2) is 26.4 Å². The van der Waals surface area contributed by atoms with E-state index in [2.05, 4.69) is 5.32 Å². The average molecular weight is 396 g/mol. The van der Waals surface area contributed by atoms with Crippen LogP contribution in [0, 0.1) is 0 Å². The third-order valence-corrected chi connectivity index (χ3v) is 5.07. The van der Waals surface area contributed by atoms with Crippen LogP contribution in [0.2, 0.25) is 10.0 Å². The van der Waals surface area contributed by atoms with E-state index in [0.29, 0.717) is 34.3 Å². The maximum Gasteiger partial charge on any atom is 0.161 e. The fraction of sp³-hybridized carbons (Fsp3) is 0.400. The Morgan fingerprint density at radius 1 is 1.08 bits per heavy atom. The summed E-state index contributed by atoms with van der Waals surface area (Å²) < 4.78 is 17.0. The lowest BCUT2D eigenvalue weighted by Gasteiger charge is -2.14. The van der Waals surface area contributed by atoms with Crippen LogP contribution in [0.15, 0.2) is 36.4 Å². The summed E-state index contributed by atoms with van der Waals surface area (Å²) >= 11 is 12.0. The van der Waals surface area contributed by atoms with Crippen molar-refractivity contribution in [2.45, 2.75) is 32.1 Å². The minimum atomic E-state index is 0.339. The molecule has 2 aromatic rings. The molecule has 26 heavy (non-hydrogen) atoms. The van der Waals surface area contributed by atoms with Crippen LogP contribution >= 0.6 is 23.2 Å². The van der Waals surface area contributed by atoms with Crippen LogP contribution in [0.25, 0.3) is 0 Å². The van der Waals surface area contributed by atoms with E-state index in [-0.39, 0.29) is 0 Å². The zero-order valence-electron chi connectivity index (χ0n) is 14.8. The van der Waals surface area contributed by atoms with Crippen molar-refractivity contribution >= 4 is 23.2 Å². The van der Waals surface area contributed by atoms with Gasteiger partial charge in [-0.15, -0.1) is 0 Å². The van der Waals surface area contributed by atoms with Crippen LogP contribution in [0.1, 0.15) is 24.0 Å². The van der Waals surface area contributed by atoms with Crippen LogP contribution in [0.5, 0.6) is 11.5 Å². The van der Waals surface area contributed by atoms with Crippen LogP contribution < -0.4 is 14.8 Å². The molecule has 0 bridgehead atoms. The molecular formula is C20H23Cl2NO3. The smallest absolute Gasteiger partial charge is 0.161 e. The van der Waals surface area contributed by atoms with Crippen molar-refractivity contribution < 1.29 is 14.2 Å². The fourth-order valence-corrected chi connectivity index (χ4v) is 3.24. The number of methoxy groups -OCH3 is 1. The maximum absolute atomic E-state index is 6.04. The molecule has 140 valence electrons. The molecule has 0 amide bonds. The third kappa shape index (κ3) is 5.27. The summed E-state index contributed by atoms with van der Waals surface area (Å²) in [5.74, 6) is 1.41. The molecule has 4 nitrogen and oxygen atoms in total. The average Bonchev–Trinajstić information content (AvgIpc) is 3.16. The fourth-order valence-electron chi connectivity index (χ4n) is 2.91. The Kier molecular flexibility index (Phi) is 7.03. The lowest BCUT2D eigenvalue weighted by molar-refractivity contribution is 0.110. The van der Waals surface area contributed by atoms with E-state index in [4.69, 9.17) is 37.4 Å².